The quantitative estimate of drug-likeness (QED) is 0.523. The summed E-state index contributed by atoms with van der Waals surface area (Å²) in [4.78, 5) is 1.91. The van der Waals surface area contributed by atoms with Crippen LogP contribution in [-0.4, -0.2) is 32.2 Å². The maximum absolute atomic E-state index is 2.47. The van der Waals surface area contributed by atoms with Crippen molar-refractivity contribution < 1.29 is 10.2 Å². The highest BCUT2D eigenvalue weighted by molar-refractivity contribution is 4.71. The van der Waals surface area contributed by atoms with Crippen molar-refractivity contribution >= 4 is 0 Å². The Hall–Kier alpha value is -0.0800. The Bertz CT molecular complexity index is 152. The highest BCUT2D eigenvalue weighted by Crippen LogP contribution is 2.21. The Labute approximate surface area is 81.7 Å². The molecule has 0 aromatic rings. The molecule has 76 valence electrons. The van der Waals surface area contributed by atoms with Gasteiger partial charge in [-0.1, -0.05) is 13.3 Å². The van der Waals surface area contributed by atoms with Crippen molar-refractivity contribution in [3.8, 4) is 0 Å². The minimum atomic E-state index is 0.988. The molecule has 1 saturated heterocycles. The van der Waals surface area contributed by atoms with E-state index in [-0.39, 0.29) is 0 Å². The van der Waals surface area contributed by atoms with E-state index in [1.54, 1.807) is 0 Å². The van der Waals surface area contributed by atoms with Crippen LogP contribution in [0.25, 0.3) is 0 Å². The third-order valence-electron chi connectivity index (χ3n) is 3.98. The van der Waals surface area contributed by atoms with Crippen LogP contribution in [0.3, 0.4) is 0 Å². The van der Waals surface area contributed by atoms with Gasteiger partial charge < -0.3 is 10.2 Å². The lowest BCUT2D eigenvalue weighted by Crippen LogP contribution is -3.23. The molecule has 0 radical (unpaired) electrons. The molecular formula is C11H24N2+2. The fourth-order valence-corrected chi connectivity index (χ4v) is 3.14. The summed E-state index contributed by atoms with van der Waals surface area (Å²) in [5.41, 5.74) is 0. The second kappa shape index (κ2) is 4.43. The molecule has 1 saturated carbocycles. The summed E-state index contributed by atoms with van der Waals surface area (Å²) >= 11 is 0. The van der Waals surface area contributed by atoms with Gasteiger partial charge in [-0.3, -0.25) is 0 Å². The molecule has 2 rings (SSSR count). The average molecular weight is 184 g/mol. The lowest BCUT2D eigenvalue weighted by atomic mass is 9.84. The van der Waals surface area contributed by atoms with Crippen LogP contribution in [0.5, 0.6) is 0 Å². The molecule has 3 N–H and O–H groups in total. The molecule has 0 aromatic carbocycles. The fraction of sp³-hybridized carbons (Fsp3) is 1.00. The van der Waals surface area contributed by atoms with Crippen LogP contribution in [0, 0.1) is 5.92 Å². The van der Waals surface area contributed by atoms with Gasteiger partial charge in [0.05, 0.1) is 6.04 Å². The van der Waals surface area contributed by atoms with Crippen molar-refractivity contribution in [3.63, 3.8) is 0 Å². The topological polar surface area (TPSA) is 21.1 Å². The van der Waals surface area contributed by atoms with Crippen molar-refractivity contribution in [2.45, 2.75) is 38.6 Å². The average Bonchev–Trinajstić information content (AvgIpc) is 2.20. The van der Waals surface area contributed by atoms with E-state index in [1.165, 1.54) is 51.9 Å². The molecule has 2 fully saturated rings. The Morgan fingerprint density at radius 3 is 2.46 bits per heavy atom. The van der Waals surface area contributed by atoms with Gasteiger partial charge in [0.25, 0.3) is 0 Å². The van der Waals surface area contributed by atoms with Gasteiger partial charge in [-0.2, -0.15) is 0 Å². The van der Waals surface area contributed by atoms with Crippen molar-refractivity contribution in [1.29, 1.82) is 0 Å². The molecule has 1 aliphatic heterocycles. The van der Waals surface area contributed by atoms with Gasteiger partial charge in [-0.25, -0.2) is 0 Å². The second-order valence-corrected chi connectivity index (χ2v) is 4.89. The van der Waals surface area contributed by atoms with Crippen molar-refractivity contribution in [2.75, 3.05) is 26.2 Å². The van der Waals surface area contributed by atoms with Gasteiger partial charge in [0.1, 0.15) is 26.2 Å². The van der Waals surface area contributed by atoms with E-state index < -0.39 is 0 Å². The summed E-state index contributed by atoms with van der Waals surface area (Å²) < 4.78 is 0. The molecule has 0 amide bonds. The van der Waals surface area contributed by atoms with Gasteiger partial charge in [0.15, 0.2) is 0 Å². The number of quaternary nitrogens is 2. The van der Waals surface area contributed by atoms with Gasteiger partial charge in [-0.05, 0) is 19.3 Å². The summed E-state index contributed by atoms with van der Waals surface area (Å²) in [6.45, 7) is 8.01. The van der Waals surface area contributed by atoms with Gasteiger partial charge in [0.2, 0.25) is 0 Å². The van der Waals surface area contributed by atoms with Crippen LogP contribution in [0.2, 0.25) is 0 Å². The smallest absolute Gasteiger partial charge is 0.127 e. The highest BCUT2D eigenvalue weighted by Gasteiger charge is 2.31. The minimum absolute atomic E-state index is 0.988. The predicted molar refractivity (Wildman–Crippen MR) is 53.8 cm³/mol. The molecule has 1 aliphatic carbocycles. The van der Waals surface area contributed by atoms with Crippen LogP contribution in [0.1, 0.15) is 32.6 Å². The minimum Gasteiger partial charge on any atom is -0.337 e. The number of hydrogen-bond acceptors (Lipinski definition) is 0. The van der Waals surface area contributed by atoms with E-state index in [0.29, 0.717) is 0 Å². The van der Waals surface area contributed by atoms with Crippen molar-refractivity contribution in [3.05, 3.63) is 0 Å². The molecule has 13 heavy (non-hydrogen) atoms. The van der Waals surface area contributed by atoms with E-state index in [9.17, 15) is 0 Å². The first-order valence-electron chi connectivity index (χ1n) is 6.04. The third-order valence-corrected chi connectivity index (χ3v) is 3.98. The fourth-order valence-electron chi connectivity index (χ4n) is 3.14. The van der Waals surface area contributed by atoms with Crippen LogP contribution in [0.4, 0.5) is 0 Å². The zero-order valence-electron chi connectivity index (χ0n) is 8.89. The predicted octanol–water partition coefficient (Wildman–Crippen LogP) is -0.973. The van der Waals surface area contributed by atoms with E-state index >= 15 is 0 Å². The molecule has 0 aromatic heterocycles. The molecule has 0 spiro atoms. The van der Waals surface area contributed by atoms with Gasteiger partial charge in [0, 0.05) is 5.92 Å². The van der Waals surface area contributed by atoms with Crippen LogP contribution < -0.4 is 10.2 Å². The number of piperazine rings is 1. The molecule has 0 bridgehead atoms. The lowest BCUT2D eigenvalue weighted by Gasteiger charge is -2.36. The van der Waals surface area contributed by atoms with Crippen molar-refractivity contribution in [2.24, 2.45) is 5.92 Å². The number of rotatable bonds is 1. The zero-order chi connectivity index (χ0) is 9.10. The van der Waals surface area contributed by atoms with E-state index in [4.69, 9.17) is 0 Å². The maximum Gasteiger partial charge on any atom is 0.127 e. The number of nitrogens with two attached hydrogens (primary N) is 1. The van der Waals surface area contributed by atoms with Crippen molar-refractivity contribution in [1.82, 2.24) is 0 Å². The second-order valence-electron chi connectivity index (χ2n) is 4.89. The first kappa shape index (κ1) is 9.47. The molecule has 2 atom stereocenters. The summed E-state index contributed by atoms with van der Waals surface area (Å²) in [5.74, 6) is 0.988. The molecular weight excluding hydrogens is 160 g/mol. The molecule has 2 heteroatoms. The van der Waals surface area contributed by atoms with E-state index in [0.717, 1.165) is 12.0 Å². The zero-order valence-corrected chi connectivity index (χ0v) is 8.89. The molecule has 1 heterocycles. The summed E-state index contributed by atoms with van der Waals surface area (Å²) in [7, 11) is 0. The van der Waals surface area contributed by atoms with Crippen LogP contribution >= 0.6 is 0 Å². The normalized spacial score (nSPS) is 37.6. The summed E-state index contributed by atoms with van der Waals surface area (Å²) in [6, 6.07) is 1.00. The van der Waals surface area contributed by atoms with E-state index in [1.807, 2.05) is 4.90 Å². The molecule has 2 aliphatic rings. The third kappa shape index (κ3) is 2.23. The highest BCUT2D eigenvalue weighted by atomic mass is 15.2. The molecule has 2 nitrogen and oxygen atoms in total. The Kier molecular flexibility index (Phi) is 3.23. The Morgan fingerprint density at radius 1 is 1.08 bits per heavy atom. The Balaban J connectivity index is 1.88. The van der Waals surface area contributed by atoms with Crippen LogP contribution in [-0.2, 0) is 0 Å². The first-order valence-corrected chi connectivity index (χ1v) is 6.04. The van der Waals surface area contributed by atoms with Gasteiger partial charge in [-0.15, -0.1) is 0 Å². The summed E-state index contributed by atoms with van der Waals surface area (Å²) in [6.07, 6.45) is 5.95. The molecule has 0 unspecified atom stereocenters. The standard InChI is InChI=1S/C11H22N2/c1-10-4-2-3-5-11(10)13-8-6-12-7-9-13/h10-12H,2-9H2,1H3/p+2/t10-,11+/m0/s1. The summed E-state index contributed by atoms with van der Waals surface area (Å²) in [5, 5.41) is 2.47. The number of hydrogen-bond donors (Lipinski definition) is 2. The number of nitrogens with one attached hydrogen (secondary N) is 1. The first-order chi connectivity index (χ1) is 6.38. The largest absolute Gasteiger partial charge is 0.337 e. The monoisotopic (exact) mass is 184 g/mol. The van der Waals surface area contributed by atoms with Crippen LogP contribution in [0.15, 0.2) is 0 Å². The maximum atomic E-state index is 2.47. The SMILES string of the molecule is C[C@H]1CCCC[C@H]1[NH+]1CC[NH2+]CC1. The van der Waals surface area contributed by atoms with Gasteiger partial charge >= 0.3 is 0 Å². The lowest BCUT2D eigenvalue weighted by molar-refractivity contribution is -0.971. The van der Waals surface area contributed by atoms with E-state index in [2.05, 4.69) is 12.2 Å². The Morgan fingerprint density at radius 2 is 1.77 bits per heavy atom.